The second-order valence-corrected chi connectivity index (χ2v) is 4.85. The van der Waals surface area contributed by atoms with Gasteiger partial charge in [0, 0.05) is 0 Å². The maximum absolute atomic E-state index is 8.92. The van der Waals surface area contributed by atoms with Crippen LogP contribution in [0.25, 0.3) is 0 Å². The van der Waals surface area contributed by atoms with Gasteiger partial charge in [0.05, 0.1) is 13.2 Å². The third kappa shape index (κ3) is 11.9. The second-order valence-electron chi connectivity index (χ2n) is 2.95. The normalized spacial score (nSPS) is 16.6. The Morgan fingerprint density at radius 2 is 1.26 bits per heavy atom. The van der Waals surface area contributed by atoms with Crippen LogP contribution in [-0.4, -0.2) is 68.8 Å². The summed E-state index contributed by atoms with van der Waals surface area (Å²) in [5.74, 6) is 0. The highest BCUT2D eigenvalue weighted by atomic mass is 31.2. The fraction of sp³-hybridized carbons (Fsp3) is 1.00. The van der Waals surface area contributed by atoms with E-state index in [1.807, 2.05) is 0 Å². The van der Waals surface area contributed by atoms with Gasteiger partial charge in [0.25, 0.3) is 0 Å². The largest absolute Gasteiger partial charge is 0.399 e. The van der Waals surface area contributed by atoms with Crippen molar-refractivity contribution >= 4 is 17.2 Å². The van der Waals surface area contributed by atoms with Crippen LogP contribution in [0.3, 0.4) is 0 Å². The van der Waals surface area contributed by atoms with Crippen LogP contribution in [0.4, 0.5) is 0 Å². The minimum absolute atomic E-state index is 0.421. The number of hydrogen-bond acceptors (Lipinski definition) is 11. The molecule has 0 saturated carbocycles. The van der Waals surface area contributed by atoms with E-state index in [2.05, 4.69) is 23.4 Å². The van der Waals surface area contributed by atoms with Crippen molar-refractivity contribution in [2.75, 3.05) is 26.4 Å². The molecule has 13 heteroatoms. The van der Waals surface area contributed by atoms with Crippen LogP contribution < -0.4 is 0 Å². The van der Waals surface area contributed by atoms with E-state index in [1.165, 1.54) is 0 Å². The van der Waals surface area contributed by atoms with Crippen LogP contribution in [0.1, 0.15) is 0 Å². The van der Waals surface area contributed by atoms with Gasteiger partial charge in [0.15, 0.2) is 0 Å². The van der Waals surface area contributed by atoms with Gasteiger partial charge in [-0.3, -0.25) is 0 Å². The molecule has 0 saturated heterocycles. The standard InChI is InChI=1S/C6H16O11P2/c7-1-5(9)3-13-15-19(17-18(11)12)16-14-4-6(10)2-8/h5-12H,1-4H2. The minimum Gasteiger partial charge on any atom is -0.394 e. The molecule has 19 heavy (non-hydrogen) atoms. The van der Waals surface area contributed by atoms with E-state index >= 15 is 0 Å². The lowest BCUT2D eigenvalue weighted by atomic mass is 10.4. The lowest BCUT2D eigenvalue weighted by Crippen LogP contribution is -2.20. The van der Waals surface area contributed by atoms with Gasteiger partial charge >= 0.3 is 17.2 Å². The third-order valence-corrected chi connectivity index (χ3v) is 2.88. The zero-order chi connectivity index (χ0) is 14.7. The molecule has 0 aliphatic carbocycles. The summed E-state index contributed by atoms with van der Waals surface area (Å²) in [7, 11) is -5.29. The van der Waals surface area contributed by atoms with Gasteiger partial charge in [0.1, 0.15) is 25.4 Å². The van der Waals surface area contributed by atoms with Crippen LogP contribution in [-0.2, 0) is 23.4 Å². The monoisotopic (exact) mass is 326 g/mol. The van der Waals surface area contributed by atoms with Crippen molar-refractivity contribution in [2.24, 2.45) is 0 Å². The van der Waals surface area contributed by atoms with E-state index in [-0.39, 0.29) is 0 Å². The predicted octanol–water partition coefficient (Wildman–Crippen LogP) is -1.96. The van der Waals surface area contributed by atoms with Gasteiger partial charge in [-0.15, -0.1) is 0 Å². The molecule has 0 aliphatic heterocycles. The molecule has 0 aliphatic rings. The van der Waals surface area contributed by atoms with Gasteiger partial charge in [0.2, 0.25) is 0 Å². The molecule has 0 radical (unpaired) electrons. The fourth-order valence-corrected chi connectivity index (χ4v) is 1.52. The molecule has 116 valence electrons. The van der Waals surface area contributed by atoms with Gasteiger partial charge < -0.3 is 30.2 Å². The Labute approximate surface area is 110 Å². The summed E-state index contributed by atoms with van der Waals surface area (Å²) in [6, 6.07) is 0. The van der Waals surface area contributed by atoms with Crippen molar-refractivity contribution in [3.8, 4) is 0 Å². The van der Waals surface area contributed by atoms with Gasteiger partial charge in [-0.05, 0) is 0 Å². The quantitative estimate of drug-likeness (QED) is 0.134. The average Bonchev–Trinajstić information content (AvgIpc) is 2.37. The van der Waals surface area contributed by atoms with Crippen molar-refractivity contribution in [3.05, 3.63) is 0 Å². The Morgan fingerprint density at radius 1 is 0.842 bits per heavy atom. The molecule has 0 heterocycles. The number of aliphatic hydroxyl groups excluding tert-OH is 4. The van der Waals surface area contributed by atoms with Gasteiger partial charge in [-0.25, -0.2) is 14.1 Å². The van der Waals surface area contributed by atoms with Crippen LogP contribution in [0.5, 0.6) is 0 Å². The van der Waals surface area contributed by atoms with Crippen LogP contribution >= 0.6 is 17.2 Å². The molecule has 0 rings (SSSR count). The molecule has 2 unspecified atom stereocenters. The summed E-state index contributed by atoms with van der Waals surface area (Å²) < 4.78 is 13.2. The topological polar surface area (TPSA) is 168 Å². The molecular weight excluding hydrogens is 310 g/mol. The highest BCUT2D eigenvalue weighted by Gasteiger charge is 2.22. The molecule has 0 aromatic rings. The van der Waals surface area contributed by atoms with E-state index in [0.717, 1.165) is 0 Å². The first kappa shape index (κ1) is 19.4. The Morgan fingerprint density at radius 3 is 1.58 bits per heavy atom. The second kappa shape index (κ2) is 12.2. The summed E-state index contributed by atoms with van der Waals surface area (Å²) in [5, 5.41) is 34.8. The van der Waals surface area contributed by atoms with Crippen molar-refractivity contribution < 1.29 is 53.6 Å². The Kier molecular flexibility index (Phi) is 12.5. The van der Waals surface area contributed by atoms with E-state index < -0.39 is 55.8 Å². The molecule has 0 aromatic carbocycles. The molecular formula is C6H16O11P2. The van der Waals surface area contributed by atoms with E-state index in [1.54, 1.807) is 0 Å². The summed E-state index contributed by atoms with van der Waals surface area (Å²) in [6.07, 6.45) is -2.39. The van der Waals surface area contributed by atoms with Crippen molar-refractivity contribution in [1.29, 1.82) is 0 Å². The molecule has 2 atom stereocenters. The zero-order valence-corrected chi connectivity index (χ0v) is 11.4. The lowest BCUT2D eigenvalue weighted by molar-refractivity contribution is -0.279. The summed E-state index contributed by atoms with van der Waals surface area (Å²) in [6.45, 7) is -1.96. The first-order valence-electron chi connectivity index (χ1n) is 4.82. The SMILES string of the molecule is OCC(O)COOP(OOCC(O)CO)OP(O)O. The maximum atomic E-state index is 8.92. The number of hydrogen-bond donors (Lipinski definition) is 6. The molecule has 0 aromatic heterocycles. The minimum atomic E-state index is -2.82. The Hall–Kier alpha value is 0.420. The van der Waals surface area contributed by atoms with E-state index in [4.69, 9.17) is 30.2 Å². The average molecular weight is 326 g/mol. The summed E-state index contributed by atoms with van der Waals surface area (Å²) in [5.41, 5.74) is 0. The maximum Gasteiger partial charge on any atom is 0.399 e. The highest BCUT2D eigenvalue weighted by molar-refractivity contribution is 7.54. The first-order chi connectivity index (χ1) is 8.99. The van der Waals surface area contributed by atoms with Crippen molar-refractivity contribution in [3.63, 3.8) is 0 Å². The van der Waals surface area contributed by atoms with Crippen LogP contribution in [0, 0.1) is 0 Å². The van der Waals surface area contributed by atoms with Gasteiger partial charge in [-0.2, -0.15) is 9.35 Å². The van der Waals surface area contributed by atoms with Crippen LogP contribution in [0.2, 0.25) is 0 Å². The molecule has 0 fully saturated rings. The zero-order valence-electron chi connectivity index (χ0n) is 9.60. The van der Waals surface area contributed by atoms with Gasteiger partial charge in [-0.1, -0.05) is 0 Å². The fourth-order valence-electron chi connectivity index (χ4n) is 0.509. The molecule has 0 bridgehead atoms. The first-order valence-corrected chi connectivity index (χ1v) is 7.08. The third-order valence-electron chi connectivity index (χ3n) is 1.31. The van der Waals surface area contributed by atoms with Crippen molar-refractivity contribution in [2.45, 2.75) is 12.2 Å². The summed E-state index contributed by atoms with van der Waals surface area (Å²) in [4.78, 5) is 26.0. The predicted molar refractivity (Wildman–Crippen MR) is 59.6 cm³/mol. The Bertz CT molecular complexity index is 192. The number of aliphatic hydroxyl groups is 4. The van der Waals surface area contributed by atoms with E-state index in [0.29, 0.717) is 0 Å². The van der Waals surface area contributed by atoms with Crippen molar-refractivity contribution in [1.82, 2.24) is 0 Å². The smallest absolute Gasteiger partial charge is 0.394 e. The summed E-state index contributed by atoms with van der Waals surface area (Å²) >= 11 is 0. The molecule has 6 N–H and O–H groups in total. The lowest BCUT2D eigenvalue weighted by Gasteiger charge is -2.15. The molecule has 11 nitrogen and oxygen atoms in total. The van der Waals surface area contributed by atoms with E-state index in [9.17, 15) is 0 Å². The Balaban J connectivity index is 3.88. The number of rotatable bonds is 12. The molecule has 0 amide bonds. The molecule has 0 spiro atoms. The van der Waals surface area contributed by atoms with Crippen LogP contribution in [0.15, 0.2) is 0 Å². The highest BCUT2D eigenvalue weighted by Crippen LogP contribution is 2.50.